The lowest BCUT2D eigenvalue weighted by Crippen LogP contribution is -2.20. The van der Waals surface area contributed by atoms with Crippen LogP contribution >= 0.6 is 0 Å². The van der Waals surface area contributed by atoms with Gasteiger partial charge < -0.3 is 9.47 Å². The van der Waals surface area contributed by atoms with Gasteiger partial charge in [0.1, 0.15) is 6.10 Å². The first-order valence-corrected chi connectivity index (χ1v) is 4.99. The molecule has 1 saturated heterocycles. The molecule has 1 aliphatic rings. The van der Waals surface area contributed by atoms with Crippen LogP contribution in [0.1, 0.15) is 25.5 Å². The monoisotopic (exact) mass is 202 g/mol. The van der Waals surface area contributed by atoms with Crippen LogP contribution in [0, 0.1) is 12.3 Å². The third-order valence-electron chi connectivity index (χ3n) is 2.39. The summed E-state index contributed by atoms with van der Waals surface area (Å²) in [6, 6.07) is 9.91. The predicted molar refractivity (Wildman–Crippen MR) is 58.1 cm³/mol. The van der Waals surface area contributed by atoms with Gasteiger partial charge in [0.25, 0.3) is 0 Å². The van der Waals surface area contributed by atoms with Crippen LogP contribution in [0.4, 0.5) is 0 Å². The second-order valence-electron chi connectivity index (χ2n) is 4.05. The highest BCUT2D eigenvalue weighted by Crippen LogP contribution is 2.37. The third kappa shape index (κ3) is 2.04. The van der Waals surface area contributed by atoms with Crippen molar-refractivity contribution < 1.29 is 9.47 Å². The summed E-state index contributed by atoms with van der Waals surface area (Å²) >= 11 is 0. The smallest absolute Gasteiger partial charge is 0.165 e. The molecule has 2 atom stereocenters. The van der Waals surface area contributed by atoms with E-state index in [1.54, 1.807) is 0 Å². The fraction of sp³-hybridized carbons (Fsp3) is 0.385. The van der Waals surface area contributed by atoms with Gasteiger partial charge in [-0.05, 0) is 19.4 Å². The fourth-order valence-electron chi connectivity index (χ4n) is 1.77. The van der Waals surface area contributed by atoms with Crippen LogP contribution < -0.4 is 0 Å². The van der Waals surface area contributed by atoms with Crippen LogP contribution in [0.2, 0.25) is 0 Å². The van der Waals surface area contributed by atoms with E-state index in [0.29, 0.717) is 0 Å². The molecule has 15 heavy (non-hydrogen) atoms. The molecule has 2 heteroatoms. The summed E-state index contributed by atoms with van der Waals surface area (Å²) < 4.78 is 11.4. The Kier molecular flexibility index (Phi) is 2.52. The van der Waals surface area contributed by atoms with E-state index < -0.39 is 5.79 Å². The number of hydrogen-bond acceptors (Lipinski definition) is 2. The maximum Gasteiger partial charge on any atom is 0.165 e. The normalized spacial score (nSPS) is 28.6. The van der Waals surface area contributed by atoms with E-state index in [4.69, 9.17) is 15.9 Å². The Labute approximate surface area is 90.2 Å². The average molecular weight is 202 g/mol. The predicted octanol–water partition coefficient (Wildman–Crippen LogP) is 2.51. The van der Waals surface area contributed by atoms with Crippen molar-refractivity contribution in [3.8, 4) is 12.3 Å². The SMILES string of the molecule is C#C[C@@H]1OC(C)(C)O[C@@H]1c1ccccc1. The molecule has 0 radical (unpaired) electrons. The molecule has 0 amide bonds. The fourth-order valence-corrected chi connectivity index (χ4v) is 1.77. The van der Waals surface area contributed by atoms with Crippen LogP contribution in [-0.2, 0) is 9.47 Å². The minimum absolute atomic E-state index is 0.161. The minimum Gasteiger partial charge on any atom is -0.339 e. The topological polar surface area (TPSA) is 18.5 Å². The summed E-state index contributed by atoms with van der Waals surface area (Å²) in [6.07, 6.45) is 4.96. The Morgan fingerprint density at radius 2 is 1.87 bits per heavy atom. The van der Waals surface area contributed by atoms with Gasteiger partial charge in [-0.15, -0.1) is 6.42 Å². The summed E-state index contributed by atoms with van der Waals surface area (Å²) in [6.45, 7) is 3.75. The molecule has 0 aromatic heterocycles. The number of ether oxygens (including phenoxy) is 2. The van der Waals surface area contributed by atoms with Gasteiger partial charge in [0.2, 0.25) is 0 Å². The van der Waals surface area contributed by atoms with Gasteiger partial charge >= 0.3 is 0 Å². The van der Waals surface area contributed by atoms with Crippen molar-refractivity contribution in [3.63, 3.8) is 0 Å². The van der Waals surface area contributed by atoms with Crippen LogP contribution in [0.3, 0.4) is 0 Å². The molecular formula is C13H14O2. The van der Waals surface area contributed by atoms with Crippen molar-refractivity contribution >= 4 is 0 Å². The van der Waals surface area contributed by atoms with Gasteiger partial charge in [0.05, 0.1) is 0 Å². The molecule has 1 fully saturated rings. The molecule has 2 rings (SSSR count). The van der Waals surface area contributed by atoms with Gasteiger partial charge in [0, 0.05) is 0 Å². The molecule has 0 aliphatic carbocycles. The average Bonchev–Trinajstić information content (AvgIpc) is 2.55. The molecule has 1 heterocycles. The Morgan fingerprint density at radius 3 is 2.47 bits per heavy atom. The molecule has 0 saturated carbocycles. The van der Waals surface area contributed by atoms with E-state index in [0.717, 1.165) is 5.56 Å². The van der Waals surface area contributed by atoms with Crippen LogP contribution in [0.5, 0.6) is 0 Å². The number of terminal acetylenes is 1. The molecule has 1 aliphatic heterocycles. The molecule has 2 nitrogen and oxygen atoms in total. The summed E-state index contributed by atoms with van der Waals surface area (Å²) in [5.41, 5.74) is 1.06. The summed E-state index contributed by atoms with van der Waals surface area (Å²) in [5.74, 6) is 2.02. The summed E-state index contributed by atoms with van der Waals surface area (Å²) in [7, 11) is 0. The highest BCUT2D eigenvalue weighted by atomic mass is 16.7. The Morgan fingerprint density at radius 1 is 1.20 bits per heavy atom. The van der Waals surface area contributed by atoms with E-state index in [9.17, 15) is 0 Å². The highest BCUT2D eigenvalue weighted by Gasteiger charge is 2.40. The zero-order chi connectivity index (χ0) is 10.9. The van der Waals surface area contributed by atoms with Gasteiger partial charge in [-0.2, -0.15) is 0 Å². The van der Waals surface area contributed by atoms with Gasteiger partial charge in [-0.3, -0.25) is 0 Å². The molecule has 0 spiro atoms. The zero-order valence-electron chi connectivity index (χ0n) is 8.94. The lowest BCUT2D eigenvalue weighted by Gasteiger charge is -2.16. The van der Waals surface area contributed by atoms with Crippen LogP contribution in [-0.4, -0.2) is 11.9 Å². The third-order valence-corrected chi connectivity index (χ3v) is 2.39. The van der Waals surface area contributed by atoms with E-state index in [1.165, 1.54) is 0 Å². The van der Waals surface area contributed by atoms with Crippen molar-refractivity contribution in [2.75, 3.05) is 0 Å². The van der Waals surface area contributed by atoms with Gasteiger partial charge in [-0.1, -0.05) is 36.3 Å². The van der Waals surface area contributed by atoms with E-state index >= 15 is 0 Å². The molecule has 0 unspecified atom stereocenters. The lowest BCUT2D eigenvalue weighted by molar-refractivity contribution is -0.143. The van der Waals surface area contributed by atoms with Crippen molar-refractivity contribution in [2.45, 2.75) is 31.8 Å². The molecule has 78 valence electrons. The van der Waals surface area contributed by atoms with E-state index in [2.05, 4.69) is 5.92 Å². The quantitative estimate of drug-likeness (QED) is 0.651. The van der Waals surface area contributed by atoms with Crippen molar-refractivity contribution in [1.82, 2.24) is 0 Å². The van der Waals surface area contributed by atoms with Gasteiger partial charge in [0.15, 0.2) is 11.9 Å². The minimum atomic E-state index is -0.600. The maximum absolute atomic E-state index is 5.77. The largest absolute Gasteiger partial charge is 0.339 e. The van der Waals surface area contributed by atoms with Crippen molar-refractivity contribution in [3.05, 3.63) is 35.9 Å². The maximum atomic E-state index is 5.77. The first kappa shape index (κ1) is 10.2. The highest BCUT2D eigenvalue weighted by molar-refractivity contribution is 5.23. The van der Waals surface area contributed by atoms with E-state index in [1.807, 2.05) is 44.2 Å². The first-order valence-electron chi connectivity index (χ1n) is 4.99. The van der Waals surface area contributed by atoms with Crippen molar-refractivity contribution in [2.24, 2.45) is 0 Å². The Bertz CT molecular complexity index is 375. The number of benzene rings is 1. The lowest BCUT2D eigenvalue weighted by atomic mass is 10.1. The standard InChI is InChI=1S/C13H14O2/c1-4-11-12(15-13(2,3)14-11)10-8-6-5-7-9-10/h1,5-9,11-12H,2-3H3/t11-,12+/m0/s1. The van der Waals surface area contributed by atoms with Crippen molar-refractivity contribution in [1.29, 1.82) is 0 Å². The number of rotatable bonds is 1. The Hall–Kier alpha value is -1.30. The van der Waals surface area contributed by atoms with Crippen LogP contribution in [0.15, 0.2) is 30.3 Å². The molecule has 0 N–H and O–H groups in total. The molecule has 1 aromatic rings. The number of hydrogen-bond donors (Lipinski definition) is 0. The first-order chi connectivity index (χ1) is 7.12. The summed E-state index contributed by atoms with van der Waals surface area (Å²) in [4.78, 5) is 0. The second-order valence-corrected chi connectivity index (χ2v) is 4.05. The van der Waals surface area contributed by atoms with E-state index in [-0.39, 0.29) is 12.2 Å². The summed E-state index contributed by atoms with van der Waals surface area (Å²) in [5, 5.41) is 0. The molecular weight excluding hydrogens is 188 g/mol. The second kappa shape index (κ2) is 3.69. The Balaban J connectivity index is 2.27. The van der Waals surface area contributed by atoms with Gasteiger partial charge in [-0.25, -0.2) is 0 Å². The van der Waals surface area contributed by atoms with Crippen LogP contribution in [0.25, 0.3) is 0 Å². The molecule has 1 aromatic carbocycles. The zero-order valence-corrected chi connectivity index (χ0v) is 8.94. The molecule has 0 bridgehead atoms.